The van der Waals surface area contributed by atoms with E-state index >= 15 is 0 Å². The molecule has 1 rings (SSSR count). The molecule has 0 aliphatic carbocycles. The van der Waals surface area contributed by atoms with Crippen molar-refractivity contribution in [2.45, 2.75) is 26.2 Å². The zero-order valence-electron chi connectivity index (χ0n) is 8.65. The second kappa shape index (κ2) is 4.74. The van der Waals surface area contributed by atoms with Crippen LogP contribution < -0.4 is 5.32 Å². The lowest BCUT2D eigenvalue weighted by molar-refractivity contribution is -0.136. The van der Waals surface area contributed by atoms with Gasteiger partial charge in [-0.15, -0.1) is 0 Å². The van der Waals surface area contributed by atoms with Crippen molar-refractivity contribution in [3.8, 4) is 0 Å². The largest absolute Gasteiger partial charge is 0.296 e. The van der Waals surface area contributed by atoms with Crippen LogP contribution in [-0.2, 0) is 19.4 Å². The average molecular weight is 233 g/mol. The number of imide groups is 1. The zero-order valence-corrected chi connectivity index (χ0v) is 9.47. The first-order valence-corrected chi connectivity index (χ1v) is 6.81. The molecule has 5 nitrogen and oxygen atoms in total. The maximum absolute atomic E-state index is 11.3. The Balaban J connectivity index is 2.46. The predicted molar refractivity (Wildman–Crippen MR) is 54.8 cm³/mol. The maximum atomic E-state index is 11.3. The Morgan fingerprint density at radius 3 is 2.60 bits per heavy atom. The van der Waals surface area contributed by atoms with Crippen molar-refractivity contribution in [3.63, 3.8) is 0 Å². The number of piperidine rings is 1. The molecule has 1 N–H and O–H groups in total. The molecule has 1 heterocycles. The summed E-state index contributed by atoms with van der Waals surface area (Å²) in [6.07, 6.45) is 1.09. The van der Waals surface area contributed by atoms with Crippen LogP contribution in [0.3, 0.4) is 0 Å². The van der Waals surface area contributed by atoms with Crippen LogP contribution >= 0.6 is 0 Å². The van der Waals surface area contributed by atoms with Crippen LogP contribution in [0.25, 0.3) is 0 Å². The van der Waals surface area contributed by atoms with Crippen LogP contribution in [0.1, 0.15) is 26.2 Å². The Morgan fingerprint density at radius 1 is 1.40 bits per heavy atom. The number of hydrogen-bond acceptors (Lipinski definition) is 4. The minimum absolute atomic E-state index is 0.0236. The number of sulfone groups is 1. The minimum atomic E-state index is -3.02. The van der Waals surface area contributed by atoms with E-state index in [1.54, 1.807) is 6.92 Å². The summed E-state index contributed by atoms with van der Waals surface area (Å²) in [5.74, 6) is -0.813. The molecular formula is C9H15NO4S. The highest BCUT2D eigenvalue weighted by molar-refractivity contribution is 7.91. The molecule has 0 aromatic carbocycles. The van der Waals surface area contributed by atoms with Crippen molar-refractivity contribution < 1.29 is 18.0 Å². The van der Waals surface area contributed by atoms with E-state index < -0.39 is 9.84 Å². The molecule has 6 heteroatoms. The fourth-order valence-electron chi connectivity index (χ4n) is 1.48. The van der Waals surface area contributed by atoms with E-state index in [1.807, 2.05) is 0 Å². The molecule has 0 aromatic heterocycles. The summed E-state index contributed by atoms with van der Waals surface area (Å²) in [5, 5.41) is 2.21. The Bertz CT molecular complexity index is 360. The van der Waals surface area contributed by atoms with Crippen LogP contribution in [0.15, 0.2) is 0 Å². The molecule has 0 saturated carbocycles. The van der Waals surface area contributed by atoms with E-state index in [1.165, 1.54) is 0 Å². The van der Waals surface area contributed by atoms with Gasteiger partial charge in [0.2, 0.25) is 11.8 Å². The lowest BCUT2D eigenvalue weighted by Gasteiger charge is -2.20. The van der Waals surface area contributed by atoms with Crippen LogP contribution in [0.2, 0.25) is 0 Å². The highest BCUT2D eigenvalue weighted by Gasteiger charge is 2.27. The number of amides is 2. The Hall–Kier alpha value is -0.910. The van der Waals surface area contributed by atoms with Crippen molar-refractivity contribution in [2.24, 2.45) is 5.92 Å². The van der Waals surface area contributed by atoms with E-state index in [9.17, 15) is 18.0 Å². The van der Waals surface area contributed by atoms with Crippen molar-refractivity contribution in [3.05, 3.63) is 0 Å². The monoisotopic (exact) mass is 233 g/mol. The van der Waals surface area contributed by atoms with Crippen LogP contribution in [-0.4, -0.2) is 31.7 Å². The maximum Gasteiger partial charge on any atom is 0.229 e. The Labute approximate surface area is 89.2 Å². The summed E-state index contributed by atoms with van der Waals surface area (Å²) in [4.78, 5) is 22.1. The fraction of sp³-hybridized carbons (Fsp3) is 0.778. The van der Waals surface area contributed by atoms with E-state index in [0.717, 1.165) is 0 Å². The topological polar surface area (TPSA) is 80.3 Å². The molecule has 1 saturated heterocycles. The van der Waals surface area contributed by atoms with Gasteiger partial charge in [0.25, 0.3) is 0 Å². The average Bonchev–Trinajstić information content (AvgIpc) is 2.16. The smallest absolute Gasteiger partial charge is 0.229 e. The van der Waals surface area contributed by atoms with Crippen molar-refractivity contribution in [1.29, 1.82) is 0 Å². The SMILES string of the molecule is CCS(=O)(=O)CCC1CCC(=O)NC1=O. The Kier molecular flexibility index (Phi) is 3.84. The number of carbonyl (C=O) groups excluding carboxylic acids is 2. The van der Waals surface area contributed by atoms with Crippen molar-refractivity contribution >= 4 is 21.7 Å². The van der Waals surface area contributed by atoms with Gasteiger partial charge in [0, 0.05) is 18.1 Å². The third-order valence-corrected chi connectivity index (χ3v) is 4.31. The standard InChI is InChI=1S/C9H15NO4S/c1-2-15(13,14)6-5-7-3-4-8(11)10-9(7)12/h7H,2-6H2,1H3,(H,10,11,12). The fourth-order valence-corrected chi connectivity index (χ4v) is 2.41. The summed E-state index contributed by atoms with van der Waals surface area (Å²) in [7, 11) is -3.02. The minimum Gasteiger partial charge on any atom is -0.296 e. The molecule has 0 spiro atoms. The summed E-state index contributed by atoms with van der Waals surface area (Å²) in [6, 6.07) is 0. The first kappa shape index (κ1) is 12.2. The van der Waals surface area contributed by atoms with Gasteiger partial charge in [0.15, 0.2) is 0 Å². The molecule has 1 atom stereocenters. The molecule has 1 fully saturated rings. The predicted octanol–water partition coefficient (Wildman–Crippen LogP) is -0.136. The first-order chi connectivity index (χ1) is 6.94. The molecule has 0 bridgehead atoms. The van der Waals surface area contributed by atoms with Gasteiger partial charge in [-0.2, -0.15) is 0 Å². The van der Waals surface area contributed by atoms with Crippen LogP contribution in [0.4, 0.5) is 0 Å². The quantitative estimate of drug-likeness (QED) is 0.685. The summed E-state index contributed by atoms with van der Waals surface area (Å²) in [5.41, 5.74) is 0. The molecule has 0 aromatic rings. The number of hydrogen-bond donors (Lipinski definition) is 1. The van der Waals surface area contributed by atoms with Crippen LogP contribution in [0.5, 0.6) is 0 Å². The third kappa shape index (κ3) is 3.62. The second-order valence-corrected chi connectivity index (χ2v) is 6.15. The first-order valence-electron chi connectivity index (χ1n) is 4.98. The number of nitrogens with one attached hydrogen (secondary N) is 1. The summed E-state index contributed by atoms with van der Waals surface area (Å²) < 4.78 is 22.4. The van der Waals surface area contributed by atoms with Crippen molar-refractivity contribution in [2.75, 3.05) is 11.5 Å². The van der Waals surface area contributed by atoms with Gasteiger partial charge in [-0.25, -0.2) is 8.42 Å². The Morgan fingerprint density at radius 2 is 2.07 bits per heavy atom. The highest BCUT2D eigenvalue weighted by atomic mass is 32.2. The third-order valence-electron chi connectivity index (χ3n) is 2.57. The molecule has 0 radical (unpaired) electrons. The van der Waals surface area contributed by atoms with Gasteiger partial charge < -0.3 is 0 Å². The highest BCUT2D eigenvalue weighted by Crippen LogP contribution is 2.16. The number of rotatable bonds is 4. The van der Waals surface area contributed by atoms with E-state index in [2.05, 4.69) is 5.32 Å². The molecule has 1 aliphatic heterocycles. The number of carbonyl (C=O) groups is 2. The second-order valence-electron chi connectivity index (χ2n) is 3.67. The molecule has 15 heavy (non-hydrogen) atoms. The molecule has 1 unspecified atom stereocenters. The van der Waals surface area contributed by atoms with Gasteiger partial charge in [0.05, 0.1) is 5.75 Å². The summed E-state index contributed by atoms with van der Waals surface area (Å²) in [6.45, 7) is 1.58. The molecule has 1 aliphatic rings. The zero-order chi connectivity index (χ0) is 11.5. The van der Waals surface area contributed by atoms with Gasteiger partial charge in [-0.1, -0.05) is 6.92 Å². The van der Waals surface area contributed by atoms with Gasteiger partial charge in [-0.3, -0.25) is 14.9 Å². The van der Waals surface area contributed by atoms with Gasteiger partial charge >= 0.3 is 0 Å². The lowest BCUT2D eigenvalue weighted by atomic mass is 9.96. The van der Waals surface area contributed by atoms with Gasteiger partial charge in [-0.05, 0) is 12.8 Å². The van der Waals surface area contributed by atoms with Crippen LogP contribution in [0, 0.1) is 5.92 Å². The lowest BCUT2D eigenvalue weighted by Crippen LogP contribution is -2.41. The molecular weight excluding hydrogens is 218 g/mol. The van der Waals surface area contributed by atoms with E-state index in [0.29, 0.717) is 19.3 Å². The molecule has 86 valence electrons. The van der Waals surface area contributed by atoms with E-state index in [4.69, 9.17) is 0 Å². The van der Waals surface area contributed by atoms with E-state index in [-0.39, 0.29) is 29.2 Å². The summed E-state index contributed by atoms with van der Waals surface area (Å²) >= 11 is 0. The van der Waals surface area contributed by atoms with Crippen molar-refractivity contribution in [1.82, 2.24) is 5.32 Å². The molecule has 2 amide bonds. The normalized spacial score (nSPS) is 22.6. The van der Waals surface area contributed by atoms with Gasteiger partial charge in [0.1, 0.15) is 9.84 Å².